The minimum Gasteiger partial charge on any atom is -0.494 e. The molecule has 3 aromatic rings. The van der Waals surface area contributed by atoms with Crippen molar-refractivity contribution in [3.05, 3.63) is 41.4 Å². The summed E-state index contributed by atoms with van der Waals surface area (Å²) in [5.74, 6) is 2.40. The van der Waals surface area contributed by atoms with Gasteiger partial charge in [-0.15, -0.1) is 11.3 Å². The summed E-state index contributed by atoms with van der Waals surface area (Å²) < 4.78 is 7.02. The molecular weight excluding hydrogens is 282 g/mol. The minimum atomic E-state index is 0.472. The predicted octanol–water partition coefficient (Wildman–Crippen LogP) is 4.15. The second-order valence-electron chi connectivity index (χ2n) is 5.32. The molecule has 0 atom stereocenters. The number of aromatic amines is 1. The number of fused-ring (bicyclic) bond motifs is 1. The monoisotopic (exact) mass is 301 g/mol. The molecule has 0 amide bonds. The predicted molar refractivity (Wildman–Crippen MR) is 86.1 cm³/mol. The molecule has 0 unspecified atom stereocenters. The molecule has 4 nitrogen and oxygen atoms in total. The molecule has 0 aliphatic carbocycles. The lowest BCUT2D eigenvalue weighted by molar-refractivity contribution is 0.310. The Morgan fingerprint density at radius 2 is 2.24 bits per heavy atom. The third-order valence-electron chi connectivity index (χ3n) is 3.25. The topological polar surface area (TPSA) is 50.8 Å². The average molecular weight is 301 g/mol. The highest BCUT2D eigenvalue weighted by Crippen LogP contribution is 2.30. The zero-order valence-electron chi connectivity index (χ0n) is 12.3. The average Bonchev–Trinajstić information content (AvgIpc) is 3.12. The van der Waals surface area contributed by atoms with E-state index in [0.717, 1.165) is 29.9 Å². The van der Waals surface area contributed by atoms with Crippen LogP contribution in [0.2, 0.25) is 0 Å². The molecule has 5 heteroatoms. The Labute approximate surface area is 128 Å². The maximum absolute atomic E-state index is 5.82. The Hall–Kier alpha value is -1.88. The van der Waals surface area contributed by atoms with E-state index in [9.17, 15) is 0 Å². The number of ether oxygens (including phenoxy) is 1. The van der Waals surface area contributed by atoms with E-state index in [2.05, 4.69) is 34.9 Å². The SMILES string of the molecule is CC(C)c1nc2ccc(OCCCc3ncc[nH]3)cc2s1. The van der Waals surface area contributed by atoms with Gasteiger partial charge in [0.1, 0.15) is 11.6 Å². The van der Waals surface area contributed by atoms with Crippen molar-refractivity contribution in [1.82, 2.24) is 15.0 Å². The first-order valence-corrected chi connectivity index (χ1v) is 8.05. The van der Waals surface area contributed by atoms with Crippen LogP contribution >= 0.6 is 11.3 Å². The van der Waals surface area contributed by atoms with E-state index in [-0.39, 0.29) is 0 Å². The fraction of sp³-hybridized carbons (Fsp3) is 0.375. The number of aryl methyl sites for hydroxylation is 1. The second kappa shape index (κ2) is 6.26. The van der Waals surface area contributed by atoms with Crippen LogP contribution in [0.5, 0.6) is 5.75 Å². The molecule has 0 spiro atoms. The van der Waals surface area contributed by atoms with Crippen molar-refractivity contribution in [3.8, 4) is 5.75 Å². The molecule has 0 aliphatic heterocycles. The number of benzene rings is 1. The van der Waals surface area contributed by atoms with Gasteiger partial charge in [0, 0.05) is 24.7 Å². The summed E-state index contributed by atoms with van der Waals surface area (Å²) in [4.78, 5) is 11.9. The van der Waals surface area contributed by atoms with Crippen molar-refractivity contribution in [2.75, 3.05) is 6.61 Å². The van der Waals surface area contributed by atoms with E-state index < -0.39 is 0 Å². The maximum Gasteiger partial charge on any atom is 0.120 e. The number of hydrogen-bond acceptors (Lipinski definition) is 4. The summed E-state index contributed by atoms with van der Waals surface area (Å²) in [6.45, 7) is 5.04. The van der Waals surface area contributed by atoms with Crippen LogP contribution in [0.1, 0.15) is 37.0 Å². The van der Waals surface area contributed by atoms with E-state index in [4.69, 9.17) is 4.74 Å². The van der Waals surface area contributed by atoms with Crippen molar-refractivity contribution in [2.45, 2.75) is 32.6 Å². The third-order valence-corrected chi connectivity index (χ3v) is 4.57. The van der Waals surface area contributed by atoms with Crippen molar-refractivity contribution < 1.29 is 4.74 Å². The first-order chi connectivity index (χ1) is 10.2. The summed E-state index contributed by atoms with van der Waals surface area (Å²) >= 11 is 1.75. The molecule has 0 aliphatic rings. The lowest BCUT2D eigenvalue weighted by Gasteiger charge is -2.05. The van der Waals surface area contributed by atoms with Gasteiger partial charge in [-0.1, -0.05) is 13.8 Å². The van der Waals surface area contributed by atoms with Crippen molar-refractivity contribution in [2.24, 2.45) is 0 Å². The van der Waals surface area contributed by atoms with Gasteiger partial charge in [0.15, 0.2) is 0 Å². The van der Waals surface area contributed by atoms with E-state index >= 15 is 0 Å². The zero-order chi connectivity index (χ0) is 14.7. The van der Waals surface area contributed by atoms with Gasteiger partial charge in [0.25, 0.3) is 0 Å². The summed E-state index contributed by atoms with van der Waals surface area (Å²) in [5.41, 5.74) is 1.06. The standard InChI is InChI=1S/C16H19N3OS/c1-11(2)16-19-13-6-5-12(10-14(13)21-16)20-9-3-4-15-17-7-8-18-15/h5-8,10-11H,3-4,9H2,1-2H3,(H,17,18). The molecule has 0 fully saturated rings. The normalized spacial score (nSPS) is 11.4. The smallest absolute Gasteiger partial charge is 0.120 e. The molecule has 0 saturated heterocycles. The van der Waals surface area contributed by atoms with E-state index in [0.29, 0.717) is 12.5 Å². The molecule has 2 heterocycles. The number of imidazole rings is 1. The van der Waals surface area contributed by atoms with Crippen molar-refractivity contribution >= 4 is 21.6 Å². The van der Waals surface area contributed by atoms with Crippen LogP contribution in [0.15, 0.2) is 30.6 Å². The van der Waals surface area contributed by atoms with Crippen LogP contribution in [-0.4, -0.2) is 21.6 Å². The van der Waals surface area contributed by atoms with E-state index in [1.54, 1.807) is 17.5 Å². The Morgan fingerprint density at radius 1 is 1.33 bits per heavy atom. The number of nitrogens with zero attached hydrogens (tertiary/aromatic N) is 2. The summed E-state index contributed by atoms with van der Waals surface area (Å²) in [7, 11) is 0. The molecular formula is C16H19N3OS. The van der Waals surface area contributed by atoms with Gasteiger partial charge in [-0.05, 0) is 24.6 Å². The largest absolute Gasteiger partial charge is 0.494 e. The van der Waals surface area contributed by atoms with E-state index in [1.165, 1.54) is 9.71 Å². The van der Waals surface area contributed by atoms with Gasteiger partial charge in [-0.2, -0.15) is 0 Å². The molecule has 2 aromatic heterocycles. The second-order valence-corrected chi connectivity index (χ2v) is 6.39. The van der Waals surface area contributed by atoms with Gasteiger partial charge >= 0.3 is 0 Å². The number of rotatable bonds is 6. The maximum atomic E-state index is 5.82. The highest BCUT2D eigenvalue weighted by Gasteiger charge is 2.08. The Kier molecular flexibility index (Phi) is 4.20. The van der Waals surface area contributed by atoms with Gasteiger partial charge in [-0.3, -0.25) is 0 Å². The quantitative estimate of drug-likeness (QED) is 0.696. The molecule has 1 aromatic carbocycles. The number of nitrogens with one attached hydrogen (secondary N) is 1. The number of hydrogen-bond donors (Lipinski definition) is 1. The molecule has 1 N–H and O–H groups in total. The highest BCUT2D eigenvalue weighted by atomic mass is 32.1. The number of aromatic nitrogens is 3. The zero-order valence-corrected chi connectivity index (χ0v) is 13.1. The number of thiazole rings is 1. The Morgan fingerprint density at radius 3 is 3.00 bits per heavy atom. The van der Waals surface area contributed by atoms with Gasteiger partial charge in [-0.25, -0.2) is 9.97 Å². The Balaban J connectivity index is 1.59. The molecule has 21 heavy (non-hydrogen) atoms. The van der Waals surface area contributed by atoms with Crippen molar-refractivity contribution in [1.29, 1.82) is 0 Å². The van der Waals surface area contributed by atoms with Gasteiger partial charge < -0.3 is 9.72 Å². The molecule has 110 valence electrons. The van der Waals surface area contributed by atoms with Crippen molar-refractivity contribution in [3.63, 3.8) is 0 Å². The lowest BCUT2D eigenvalue weighted by Crippen LogP contribution is -2.00. The molecule has 0 radical (unpaired) electrons. The van der Waals surface area contributed by atoms with Crippen LogP contribution in [0, 0.1) is 0 Å². The fourth-order valence-electron chi connectivity index (χ4n) is 2.12. The van der Waals surface area contributed by atoms with Crippen LogP contribution in [0.4, 0.5) is 0 Å². The van der Waals surface area contributed by atoms with Gasteiger partial charge in [0.2, 0.25) is 0 Å². The van der Waals surface area contributed by atoms with Crippen LogP contribution in [0.3, 0.4) is 0 Å². The number of H-pyrrole nitrogens is 1. The van der Waals surface area contributed by atoms with Crippen LogP contribution < -0.4 is 4.74 Å². The molecule has 0 saturated carbocycles. The Bertz CT molecular complexity index is 703. The minimum absolute atomic E-state index is 0.472. The molecule has 0 bridgehead atoms. The third kappa shape index (κ3) is 3.42. The first-order valence-electron chi connectivity index (χ1n) is 7.24. The summed E-state index contributed by atoms with van der Waals surface area (Å²) in [6.07, 6.45) is 5.49. The lowest BCUT2D eigenvalue weighted by atomic mass is 10.2. The highest BCUT2D eigenvalue weighted by molar-refractivity contribution is 7.18. The summed E-state index contributed by atoms with van der Waals surface area (Å²) in [6, 6.07) is 6.13. The first kappa shape index (κ1) is 14.1. The van der Waals surface area contributed by atoms with Gasteiger partial charge in [0.05, 0.1) is 21.8 Å². The van der Waals surface area contributed by atoms with Crippen LogP contribution in [-0.2, 0) is 6.42 Å². The summed E-state index contributed by atoms with van der Waals surface area (Å²) in [5, 5.41) is 1.18. The van der Waals surface area contributed by atoms with E-state index in [1.807, 2.05) is 18.3 Å². The fourth-order valence-corrected chi connectivity index (χ4v) is 3.12. The van der Waals surface area contributed by atoms with Crippen LogP contribution in [0.25, 0.3) is 10.2 Å². The molecule has 3 rings (SSSR count).